The van der Waals surface area contributed by atoms with Crippen molar-refractivity contribution in [2.24, 2.45) is 0 Å². The van der Waals surface area contributed by atoms with Gasteiger partial charge >= 0.3 is 0 Å². The first-order chi connectivity index (χ1) is 10.7. The Balaban J connectivity index is 2.02. The lowest BCUT2D eigenvalue weighted by Crippen LogP contribution is -2.16. The van der Waals surface area contributed by atoms with Crippen LogP contribution in [0, 0.1) is 5.82 Å². The number of aliphatic hydroxyl groups is 1. The minimum atomic E-state index is -0.506. The van der Waals surface area contributed by atoms with Crippen LogP contribution < -0.4 is 0 Å². The smallest absolute Gasteiger partial charge is 0.181 e. The van der Waals surface area contributed by atoms with Crippen LogP contribution in [-0.4, -0.2) is 26.0 Å². The predicted molar refractivity (Wildman–Crippen MR) is 79.4 cm³/mol. The Kier molecular flexibility index (Phi) is 4.02. The molecule has 2 heterocycles. The van der Waals surface area contributed by atoms with Crippen LogP contribution in [0.2, 0.25) is 0 Å². The minimum Gasteiger partial charge on any atom is -0.472 e. The number of hydrogen-bond acceptors (Lipinski definition) is 4. The molecule has 114 valence electrons. The second-order valence-corrected chi connectivity index (χ2v) is 5.02. The highest BCUT2D eigenvalue weighted by Gasteiger charge is 2.16. The number of nitrogens with zero attached hydrogens (tertiary/aromatic N) is 3. The zero-order valence-corrected chi connectivity index (χ0v) is 12.1. The maximum atomic E-state index is 13.0. The SMILES string of the molecule is CCC(O)Cn1nc(-c2ccc(F)cc2)nc1-c1ccoc1. The van der Waals surface area contributed by atoms with Gasteiger partial charge in [0, 0.05) is 5.56 Å². The summed E-state index contributed by atoms with van der Waals surface area (Å²) in [5, 5.41) is 14.3. The first-order valence-electron chi connectivity index (χ1n) is 7.08. The van der Waals surface area contributed by atoms with Crippen LogP contribution in [-0.2, 0) is 6.54 Å². The van der Waals surface area contributed by atoms with Gasteiger partial charge in [-0.15, -0.1) is 0 Å². The molecule has 2 aromatic heterocycles. The van der Waals surface area contributed by atoms with Crippen molar-refractivity contribution in [2.45, 2.75) is 26.0 Å². The maximum absolute atomic E-state index is 13.0. The second kappa shape index (κ2) is 6.11. The number of hydrogen-bond donors (Lipinski definition) is 1. The Bertz CT molecular complexity index is 735. The van der Waals surface area contributed by atoms with Gasteiger partial charge in [0.25, 0.3) is 0 Å². The molecule has 0 spiro atoms. The van der Waals surface area contributed by atoms with E-state index < -0.39 is 6.10 Å². The minimum absolute atomic E-state index is 0.306. The molecule has 0 fully saturated rings. The van der Waals surface area contributed by atoms with E-state index in [1.54, 1.807) is 35.4 Å². The van der Waals surface area contributed by atoms with Gasteiger partial charge in [-0.2, -0.15) is 5.10 Å². The molecule has 0 aliphatic carbocycles. The third kappa shape index (κ3) is 2.92. The van der Waals surface area contributed by atoms with Crippen LogP contribution in [0.15, 0.2) is 47.3 Å². The van der Waals surface area contributed by atoms with Gasteiger partial charge in [-0.3, -0.25) is 0 Å². The molecule has 0 amide bonds. The van der Waals surface area contributed by atoms with E-state index in [0.29, 0.717) is 24.6 Å². The second-order valence-electron chi connectivity index (χ2n) is 5.02. The topological polar surface area (TPSA) is 64.1 Å². The fourth-order valence-corrected chi connectivity index (χ4v) is 2.12. The maximum Gasteiger partial charge on any atom is 0.181 e. The molecule has 1 unspecified atom stereocenters. The summed E-state index contributed by atoms with van der Waals surface area (Å²) in [6.07, 6.45) is 3.25. The number of aromatic nitrogens is 3. The molecule has 6 heteroatoms. The molecule has 3 rings (SSSR count). The molecular formula is C16H16FN3O2. The van der Waals surface area contributed by atoms with Crippen LogP contribution in [0.5, 0.6) is 0 Å². The van der Waals surface area contributed by atoms with Crippen LogP contribution in [0.1, 0.15) is 13.3 Å². The normalized spacial score (nSPS) is 12.5. The van der Waals surface area contributed by atoms with Crippen molar-refractivity contribution >= 4 is 0 Å². The molecule has 0 bridgehead atoms. The Morgan fingerprint density at radius 1 is 1.23 bits per heavy atom. The van der Waals surface area contributed by atoms with Gasteiger partial charge in [-0.25, -0.2) is 14.1 Å². The van der Waals surface area contributed by atoms with Gasteiger partial charge in [-0.1, -0.05) is 6.92 Å². The van der Waals surface area contributed by atoms with Crippen molar-refractivity contribution in [3.05, 3.63) is 48.7 Å². The lowest BCUT2D eigenvalue weighted by atomic mass is 10.2. The van der Waals surface area contributed by atoms with Gasteiger partial charge in [0.15, 0.2) is 11.6 Å². The zero-order chi connectivity index (χ0) is 15.5. The zero-order valence-electron chi connectivity index (χ0n) is 12.1. The third-order valence-electron chi connectivity index (χ3n) is 3.41. The monoisotopic (exact) mass is 301 g/mol. The van der Waals surface area contributed by atoms with Crippen molar-refractivity contribution in [1.82, 2.24) is 14.8 Å². The van der Waals surface area contributed by atoms with Crippen LogP contribution in [0.3, 0.4) is 0 Å². The highest BCUT2D eigenvalue weighted by molar-refractivity contribution is 5.60. The summed E-state index contributed by atoms with van der Waals surface area (Å²) >= 11 is 0. The molecule has 3 aromatic rings. The summed E-state index contributed by atoms with van der Waals surface area (Å²) in [5.41, 5.74) is 1.50. The van der Waals surface area contributed by atoms with Gasteiger partial charge in [-0.05, 0) is 36.8 Å². The molecule has 0 aliphatic rings. The van der Waals surface area contributed by atoms with E-state index in [-0.39, 0.29) is 5.82 Å². The van der Waals surface area contributed by atoms with E-state index in [0.717, 1.165) is 11.1 Å². The summed E-state index contributed by atoms with van der Waals surface area (Å²) < 4.78 is 19.8. The van der Waals surface area contributed by atoms with Gasteiger partial charge in [0.2, 0.25) is 0 Å². The fourth-order valence-electron chi connectivity index (χ4n) is 2.12. The number of aliphatic hydroxyl groups excluding tert-OH is 1. The number of halogens is 1. The largest absolute Gasteiger partial charge is 0.472 e. The van der Waals surface area contributed by atoms with E-state index in [1.807, 2.05) is 6.92 Å². The molecule has 1 atom stereocenters. The molecule has 0 aliphatic heterocycles. The van der Waals surface area contributed by atoms with E-state index in [9.17, 15) is 9.50 Å². The molecule has 0 saturated heterocycles. The van der Waals surface area contributed by atoms with Gasteiger partial charge in [0.1, 0.15) is 12.1 Å². The Labute approximate surface area is 127 Å². The Morgan fingerprint density at radius 2 is 2.00 bits per heavy atom. The highest BCUT2D eigenvalue weighted by atomic mass is 19.1. The lowest BCUT2D eigenvalue weighted by molar-refractivity contribution is 0.146. The van der Waals surface area contributed by atoms with Crippen LogP contribution in [0.4, 0.5) is 4.39 Å². The Morgan fingerprint density at radius 3 is 2.64 bits per heavy atom. The van der Waals surface area contributed by atoms with E-state index in [2.05, 4.69) is 10.1 Å². The van der Waals surface area contributed by atoms with Crippen LogP contribution in [0.25, 0.3) is 22.8 Å². The standard InChI is InChI=1S/C16H16FN3O2/c1-2-14(21)9-20-16(12-7-8-22-10-12)18-15(19-20)11-3-5-13(17)6-4-11/h3-8,10,14,21H,2,9H2,1H3. The van der Waals surface area contributed by atoms with E-state index in [4.69, 9.17) is 4.42 Å². The van der Waals surface area contributed by atoms with Crippen molar-refractivity contribution in [1.29, 1.82) is 0 Å². The number of rotatable bonds is 5. The van der Waals surface area contributed by atoms with Gasteiger partial charge in [0.05, 0.1) is 24.5 Å². The number of benzene rings is 1. The molecular weight excluding hydrogens is 285 g/mol. The Hall–Kier alpha value is -2.47. The number of furan rings is 1. The van der Waals surface area contributed by atoms with E-state index >= 15 is 0 Å². The average Bonchev–Trinajstić information content (AvgIpc) is 3.17. The quantitative estimate of drug-likeness (QED) is 0.786. The summed E-state index contributed by atoms with van der Waals surface area (Å²) in [6, 6.07) is 7.78. The van der Waals surface area contributed by atoms with Crippen molar-refractivity contribution in [3.8, 4) is 22.8 Å². The lowest BCUT2D eigenvalue weighted by Gasteiger charge is -2.08. The summed E-state index contributed by atoms with van der Waals surface area (Å²) in [5.74, 6) is 0.791. The van der Waals surface area contributed by atoms with Crippen molar-refractivity contribution in [2.75, 3.05) is 0 Å². The highest BCUT2D eigenvalue weighted by Crippen LogP contribution is 2.23. The first kappa shape index (κ1) is 14.5. The summed E-state index contributed by atoms with van der Waals surface area (Å²) in [4.78, 5) is 4.50. The first-order valence-corrected chi connectivity index (χ1v) is 7.08. The molecule has 0 radical (unpaired) electrons. The average molecular weight is 301 g/mol. The fraction of sp³-hybridized carbons (Fsp3) is 0.250. The predicted octanol–water partition coefficient (Wildman–Crippen LogP) is 3.12. The molecule has 0 saturated carbocycles. The van der Waals surface area contributed by atoms with Crippen molar-refractivity contribution in [3.63, 3.8) is 0 Å². The van der Waals surface area contributed by atoms with Crippen LogP contribution >= 0.6 is 0 Å². The molecule has 5 nitrogen and oxygen atoms in total. The van der Waals surface area contributed by atoms with Crippen molar-refractivity contribution < 1.29 is 13.9 Å². The summed E-state index contributed by atoms with van der Waals surface area (Å²) in [6.45, 7) is 2.24. The molecule has 1 aromatic carbocycles. The summed E-state index contributed by atoms with van der Waals surface area (Å²) in [7, 11) is 0. The van der Waals surface area contributed by atoms with E-state index in [1.165, 1.54) is 12.1 Å². The van der Waals surface area contributed by atoms with Gasteiger partial charge < -0.3 is 9.52 Å². The third-order valence-corrected chi connectivity index (χ3v) is 3.41. The molecule has 1 N–H and O–H groups in total. The molecule has 22 heavy (non-hydrogen) atoms.